The SMILES string of the molecule is CC(C)(C)OC(=O)NC(Cc1ccccc1OCC1CCCO1)C(=O)O. The number of carbonyl (C=O) groups excluding carboxylic acids is 1. The third-order valence-corrected chi connectivity index (χ3v) is 3.83. The third-order valence-electron chi connectivity index (χ3n) is 3.83. The zero-order valence-electron chi connectivity index (χ0n) is 15.5. The minimum absolute atomic E-state index is 0.0678. The van der Waals surface area contributed by atoms with Crippen molar-refractivity contribution in [2.75, 3.05) is 13.2 Å². The Morgan fingerprint density at radius 3 is 2.69 bits per heavy atom. The Kier molecular flexibility index (Phi) is 6.85. The van der Waals surface area contributed by atoms with Crippen molar-refractivity contribution in [3.05, 3.63) is 29.8 Å². The number of carboxylic acid groups (broad SMARTS) is 1. The number of benzene rings is 1. The van der Waals surface area contributed by atoms with Crippen LogP contribution in [0.25, 0.3) is 0 Å². The number of aliphatic carboxylic acids is 1. The molecular formula is C19H27NO6. The van der Waals surface area contributed by atoms with Crippen LogP contribution in [-0.4, -0.2) is 48.1 Å². The van der Waals surface area contributed by atoms with E-state index in [0.29, 0.717) is 17.9 Å². The highest BCUT2D eigenvalue weighted by atomic mass is 16.6. The van der Waals surface area contributed by atoms with Gasteiger partial charge in [-0.3, -0.25) is 0 Å². The molecule has 2 unspecified atom stereocenters. The highest BCUT2D eigenvalue weighted by Crippen LogP contribution is 2.22. The molecule has 0 radical (unpaired) electrons. The predicted molar refractivity (Wildman–Crippen MR) is 95.4 cm³/mol. The van der Waals surface area contributed by atoms with E-state index < -0.39 is 23.7 Å². The quantitative estimate of drug-likeness (QED) is 0.772. The lowest BCUT2D eigenvalue weighted by Crippen LogP contribution is -2.44. The van der Waals surface area contributed by atoms with Crippen LogP contribution in [0, 0.1) is 0 Å². The Labute approximate surface area is 153 Å². The average Bonchev–Trinajstić information content (AvgIpc) is 3.05. The molecule has 2 rings (SSSR count). The topological polar surface area (TPSA) is 94.1 Å². The molecule has 0 bridgehead atoms. The third kappa shape index (κ3) is 6.55. The first kappa shape index (κ1) is 20.0. The van der Waals surface area contributed by atoms with Crippen molar-refractivity contribution < 1.29 is 28.9 Å². The molecule has 1 aliphatic rings. The van der Waals surface area contributed by atoms with E-state index in [2.05, 4.69) is 5.32 Å². The zero-order chi connectivity index (χ0) is 19.2. The molecule has 26 heavy (non-hydrogen) atoms. The summed E-state index contributed by atoms with van der Waals surface area (Å²) in [5.74, 6) is -0.537. The van der Waals surface area contributed by atoms with Crippen LogP contribution in [0.3, 0.4) is 0 Å². The molecule has 1 aliphatic heterocycles. The van der Waals surface area contributed by atoms with Crippen LogP contribution in [0.1, 0.15) is 39.2 Å². The molecule has 1 saturated heterocycles. The Hall–Kier alpha value is -2.28. The lowest BCUT2D eigenvalue weighted by atomic mass is 10.0. The molecule has 0 spiro atoms. The van der Waals surface area contributed by atoms with Crippen molar-refractivity contribution in [1.82, 2.24) is 5.32 Å². The number of hydrogen-bond donors (Lipinski definition) is 2. The Morgan fingerprint density at radius 1 is 1.35 bits per heavy atom. The van der Waals surface area contributed by atoms with Gasteiger partial charge in [0.25, 0.3) is 0 Å². The van der Waals surface area contributed by atoms with E-state index in [9.17, 15) is 14.7 Å². The molecule has 2 atom stereocenters. The number of rotatable bonds is 7. The molecule has 1 fully saturated rings. The van der Waals surface area contributed by atoms with Gasteiger partial charge in [-0.05, 0) is 45.2 Å². The van der Waals surface area contributed by atoms with Crippen LogP contribution >= 0.6 is 0 Å². The summed E-state index contributed by atoms with van der Waals surface area (Å²) in [5.41, 5.74) is 0.00377. The number of hydrogen-bond acceptors (Lipinski definition) is 5. The minimum atomic E-state index is -1.13. The molecule has 7 nitrogen and oxygen atoms in total. The second kappa shape index (κ2) is 8.89. The zero-order valence-corrected chi connectivity index (χ0v) is 15.5. The molecule has 1 amide bonds. The number of nitrogens with one attached hydrogen (secondary N) is 1. The maximum Gasteiger partial charge on any atom is 0.408 e. The van der Waals surface area contributed by atoms with Crippen LogP contribution in [-0.2, 0) is 20.7 Å². The lowest BCUT2D eigenvalue weighted by Gasteiger charge is -2.22. The number of ether oxygens (including phenoxy) is 3. The summed E-state index contributed by atoms with van der Waals surface area (Å²) >= 11 is 0. The monoisotopic (exact) mass is 365 g/mol. The maximum absolute atomic E-state index is 11.9. The summed E-state index contributed by atoms with van der Waals surface area (Å²) in [4.78, 5) is 23.5. The van der Waals surface area contributed by atoms with E-state index in [-0.39, 0.29) is 12.5 Å². The van der Waals surface area contributed by atoms with Gasteiger partial charge in [-0.15, -0.1) is 0 Å². The van der Waals surface area contributed by atoms with Gasteiger partial charge in [0.2, 0.25) is 0 Å². The Balaban J connectivity index is 2.01. The second-order valence-electron chi connectivity index (χ2n) is 7.29. The first-order valence-electron chi connectivity index (χ1n) is 8.79. The van der Waals surface area contributed by atoms with Gasteiger partial charge < -0.3 is 24.6 Å². The fraction of sp³-hybridized carbons (Fsp3) is 0.579. The van der Waals surface area contributed by atoms with Gasteiger partial charge >= 0.3 is 12.1 Å². The van der Waals surface area contributed by atoms with Crippen molar-refractivity contribution in [2.45, 2.75) is 57.8 Å². The van der Waals surface area contributed by atoms with Crippen molar-refractivity contribution in [3.63, 3.8) is 0 Å². The van der Waals surface area contributed by atoms with Gasteiger partial charge in [0.1, 0.15) is 24.0 Å². The normalized spacial score (nSPS) is 18.2. The summed E-state index contributed by atoms with van der Waals surface area (Å²) in [6.07, 6.45) is 1.38. The van der Waals surface area contributed by atoms with Crippen LogP contribution < -0.4 is 10.1 Å². The summed E-state index contributed by atoms with van der Waals surface area (Å²) in [6, 6.07) is 6.10. The fourth-order valence-corrected chi connectivity index (χ4v) is 2.64. The first-order chi connectivity index (χ1) is 12.2. The number of alkyl carbamates (subject to hydrolysis) is 1. The van der Waals surface area contributed by atoms with Gasteiger partial charge in [-0.1, -0.05) is 18.2 Å². The fourth-order valence-electron chi connectivity index (χ4n) is 2.64. The number of carbonyl (C=O) groups is 2. The van der Waals surface area contributed by atoms with Gasteiger partial charge in [0, 0.05) is 13.0 Å². The lowest BCUT2D eigenvalue weighted by molar-refractivity contribution is -0.139. The molecule has 7 heteroatoms. The van der Waals surface area contributed by atoms with E-state index >= 15 is 0 Å². The second-order valence-corrected chi connectivity index (χ2v) is 7.29. The number of amides is 1. The van der Waals surface area contributed by atoms with E-state index in [4.69, 9.17) is 14.2 Å². The number of para-hydroxylation sites is 1. The number of carboxylic acids is 1. The van der Waals surface area contributed by atoms with Crippen LogP contribution in [0.4, 0.5) is 4.79 Å². The highest BCUT2D eigenvalue weighted by molar-refractivity contribution is 5.80. The van der Waals surface area contributed by atoms with Gasteiger partial charge in [-0.2, -0.15) is 0 Å². The minimum Gasteiger partial charge on any atom is -0.491 e. The van der Waals surface area contributed by atoms with Gasteiger partial charge in [0.15, 0.2) is 0 Å². The van der Waals surface area contributed by atoms with Crippen LogP contribution in [0.2, 0.25) is 0 Å². The molecule has 1 aromatic carbocycles. The highest BCUT2D eigenvalue weighted by Gasteiger charge is 2.25. The summed E-state index contributed by atoms with van der Waals surface area (Å²) < 4.78 is 16.5. The van der Waals surface area contributed by atoms with Gasteiger partial charge in [0.05, 0.1) is 6.10 Å². The molecule has 144 valence electrons. The Morgan fingerprint density at radius 2 is 2.08 bits per heavy atom. The molecule has 2 N–H and O–H groups in total. The van der Waals surface area contributed by atoms with E-state index in [0.717, 1.165) is 19.4 Å². The largest absolute Gasteiger partial charge is 0.491 e. The summed E-state index contributed by atoms with van der Waals surface area (Å²) in [6.45, 7) is 6.33. The smallest absolute Gasteiger partial charge is 0.408 e. The van der Waals surface area contributed by atoms with Crippen molar-refractivity contribution in [3.8, 4) is 5.75 Å². The van der Waals surface area contributed by atoms with Crippen molar-refractivity contribution >= 4 is 12.1 Å². The molecule has 1 aromatic rings. The van der Waals surface area contributed by atoms with Crippen LogP contribution in [0.5, 0.6) is 5.75 Å². The molecule has 0 aliphatic carbocycles. The predicted octanol–water partition coefficient (Wildman–Crippen LogP) is 2.76. The van der Waals surface area contributed by atoms with E-state index in [1.807, 2.05) is 6.07 Å². The van der Waals surface area contributed by atoms with Crippen LogP contribution in [0.15, 0.2) is 24.3 Å². The molecule has 0 aromatic heterocycles. The summed E-state index contributed by atoms with van der Waals surface area (Å²) in [7, 11) is 0. The first-order valence-corrected chi connectivity index (χ1v) is 8.79. The average molecular weight is 365 g/mol. The standard InChI is InChI=1S/C19H27NO6/c1-19(2,3)26-18(23)20-15(17(21)22)11-13-7-4-5-9-16(13)25-12-14-8-6-10-24-14/h4-5,7,9,14-15H,6,8,10-12H2,1-3H3,(H,20,23)(H,21,22). The van der Waals surface area contributed by atoms with Gasteiger partial charge in [-0.25, -0.2) is 9.59 Å². The van der Waals surface area contributed by atoms with Crippen molar-refractivity contribution in [1.29, 1.82) is 0 Å². The maximum atomic E-state index is 11.9. The van der Waals surface area contributed by atoms with E-state index in [1.165, 1.54) is 0 Å². The molecule has 0 saturated carbocycles. The Bertz CT molecular complexity index is 619. The van der Waals surface area contributed by atoms with Crippen molar-refractivity contribution in [2.24, 2.45) is 0 Å². The van der Waals surface area contributed by atoms with E-state index in [1.54, 1.807) is 39.0 Å². The summed E-state index contributed by atoms with van der Waals surface area (Å²) in [5, 5.41) is 11.8. The molecular weight excluding hydrogens is 338 g/mol. The molecule has 1 heterocycles.